The standard InChI is InChI=1S/C15H19NOS/c1-10-4-5-13(6-11(10)2)7-14(17)8-15-16-12(3)9-18-15/h4-6,9,14,17H,7-8H2,1-3H3. The Morgan fingerprint density at radius 2 is 1.94 bits per heavy atom. The van der Waals surface area contributed by atoms with Gasteiger partial charge in [-0.25, -0.2) is 4.98 Å². The molecule has 2 rings (SSSR count). The van der Waals surface area contributed by atoms with Crippen molar-refractivity contribution in [3.63, 3.8) is 0 Å². The molecular formula is C15H19NOS. The highest BCUT2D eigenvalue weighted by Crippen LogP contribution is 2.15. The first-order valence-electron chi connectivity index (χ1n) is 6.20. The molecule has 0 aliphatic rings. The van der Waals surface area contributed by atoms with Crippen LogP contribution in [0.15, 0.2) is 23.6 Å². The van der Waals surface area contributed by atoms with Crippen LogP contribution in [0, 0.1) is 20.8 Å². The average Bonchev–Trinajstić information content (AvgIpc) is 2.69. The van der Waals surface area contributed by atoms with Crippen molar-refractivity contribution in [1.29, 1.82) is 0 Å². The average molecular weight is 261 g/mol. The van der Waals surface area contributed by atoms with Gasteiger partial charge in [0.2, 0.25) is 0 Å². The zero-order chi connectivity index (χ0) is 13.1. The number of hydrogen-bond acceptors (Lipinski definition) is 3. The summed E-state index contributed by atoms with van der Waals surface area (Å²) in [5, 5.41) is 13.1. The van der Waals surface area contributed by atoms with Crippen molar-refractivity contribution in [2.45, 2.75) is 39.7 Å². The van der Waals surface area contributed by atoms with E-state index in [0.29, 0.717) is 12.8 Å². The molecule has 0 saturated heterocycles. The van der Waals surface area contributed by atoms with E-state index in [1.54, 1.807) is 11.3 Å². The third-order valence-electron chi connectivity index (χ3n) is 3.12. The quantitative estimate of drug-likeness (QED) is 0.916. The normalized spacial score (nSPS) is 12.7. The monoisotopic (exact) mass is 261 g/mol. The van der Waals surface area contributed by atoms with Gasteiger partial charge in [-0.3, -0.25) is 0 Å². The molecule has 2 aromatic rings. The van der Waals surface area contributed by atoms with Crippen molar-refractivity contribution in [3.8, 4) is 0 Å². The first-order valence-corrected chi connectivity index (χ1v) is 7.08. The Morgan fingerprint density at radius 1 is 1.17 bits per heavy atom. The summed E-state index contributed by atoms with van der Waals surface area (Å²) in [4.78, 5) is 4.38. The summed E-state index contributed by atoms with van der Waals surface area (Å²) in [6.45, 7) is 6.19. The first kappa shape index (κ1) is 13.2. The topological polar surface area (TPSA) is 33.1 Å². The zero-order valence-electron chi connectivity index (χ0n) is 11.1. The van der Waals surface area contributed by atoms with Crippen molar-refractivity contribution < 1.29 is 5.11 Å². The number of hydrogen-bond donors (Lipinski definition) is 1. The molecule has 1 N–H and O–H groups in total. The zero-order valence-corrected chi connectivity index (χ0v) is 11.9. The van der Waals surface area contributed by atoms with E-state index in [4.69, 9.17) is 0 Å². The lowest BCUT2D eigenvalue weighted by Gasteiger charge is -2.10. The number of aromatic nitrogens is 1. The number of aryl methyl sites for hydroxylation is 3. The molecule has 2 nitrogen and oxygen atoms in total. The van der Waals surface area contributed by atoms with E-state index in [1.165, 1.54) is 16.7 Å². The van der Waals surface area contributed by atoms with Crippen LogP contribution in [0.25, 0.3) is 0 Å². The molecular weight excluding hydrogens is 242 g/mol. The van der Waals surface area contributed by atoms with E-state index in [2.05, 4.69) is 37.0 Å². The van der Waals surface area contributed by atoms with E-state index in [-0.39, 0.29) is 6.10 Å². The van der Waals surface area contributed by atoms with Crippen LogP contribution < -0.4 is 0 Å². The second-order valence-electron chi connectivity index (χ2n) is 4.86. The van der Waals surface area contributed by atoms with E-state index in [0.717, 1.165) is 10.7 Å². The lowest BCUT2D eigenvalue weighted by Crippen LogP contribution is -2.14. The summed E-state index contributed by atoms with van der Waals surface area (Å²) in [5.74, 6) is 0. The van der Waals surface area contributed by atoms with E-state index < -0.39 is 0 Å². The van der Waals surface area contributed by atoms with Crippen molar-refractivity contribution in [1.82, 2.24) is 4.98 Å². The predicted molar refractivity (Wildman–Crippen MR) is 76.2 cm³/mol. The molecule has 0 aliphatic carbocycles. The SMILES string of the molecule is Cc1csc(CC(O)Cc2ccc(C)c(C)c2)n1. The molecule has 0 aliphatic heterocycles. The van der Waals surface area contributed by atoms with Gasteiger partial charge in [0.15, 0.2) is 0 Å². The molecule has 0 saturated carbocycles. The van der Waals surface area contributed by atoms with Gasteiger partial charge in [-0.1, -0.05) is 18.2 Å². The molecule has 0 bridgehead atoms. The minimum absolute atomic E-state index is 0.349. The molecule has 1 aromatic heterocycles. The predicted octanol–water partition coefficient (Wildman–Crippen LogP) is 3.21. The summed E-state index contributed by atoms with van der Waals surface area (Å²) in [5.41, 5.74) is 4.81. The third-order valence-corrected chi connectivity index (χ3v) is 4.11. The molecule has 1 aromatic carbocycles. The lowest BCUT2D eigenvalue weighted by molar-refractivity contribution is 0.175. The molecule has 0 amide bonds. The van der Waals surface area contributed by atoms with Gasteiger partial charge in [-0.2, -0.15) is 0 Å². The van der Waals surface area contributed by atoms with E-state index >= 15 is 0 Å². The number of aliphatic hydroxyl groups is 1. The fourth-order valence-electron chi connectivity index (χ4n) is 1.97. The Balaban J connectivity index is 1.98. The van der Waals surface area contributed by atoms with E-state index in [9.17, 15) is 5.11 Å². The van der Waals surface area contributed by atoms with Gasteiger partial charge in [-0.05, 0) is 43.9 Å². The maximum absolute atomic E-state index is 10.1. The van der Waals surface area contributed by atoms with Crippen molar-refractivity contribution in [2.75, 3.05) is 0 Å². The second kappa shape index (κ2) is 5.63. The minimum Gasteiger partial charge on any atom is -0.392 e. The molecule has 0 fully saturated rings. The van der Waals surface area contributed by atoms with Crippen molar-refractivity contribution in [3.05, 3.63) is 51.0 Å². The van der Waals surface area contributed by atoms with Crippen LogP contribution in [0.2, 0.25) is 0 Å². The molecule has 1 unspecified atom stereocenters. The molecule has 1 heterocycles. The van der Waals surface area contributed by atoms with Crippen LogP contribution in [0.4, 0.5) is 0 Å². The number of rotatable bonds is 4. The van der Waals surface area contributed by atoms with Gasteiger partial charge in [0, 0.05) is 17.5 Å². The highest BCUT2D eigenvalue weighted by molar-refractivity contribution is 7.09. The number of nitrogens with zero attached hydrogens (tertiary/aromatic N) is 1. The van der Waals surface area contributed by atoms with Gasteiger partial charge in [0.05, 0.1) is 11.1 Å². The van der Waals surface area contributed by atoms with E-state index in [1.807, 2.05) is 12.3 Å². The number of aliphatic hydroxyl groups excluding tert-OH is 1. The Kier molecular flexibility index (Phi) is 4.15. The fourth-order valence-corrected chi connectivity index (χ4v) is 2.82. The maximum atomic E-state index is 10.1. The largest absolute Gasteiger partial charge is 0.392 e. The minimum atomic E-state index is -0.349. The highest BCUT2D eigenvalue weighted by atomic mass is 32.1. The number of thiazole rings is 1. The Hall–Kier alpha value is -1.19. The molecule has 18 heavy (non-hydrogen) atoms. The van der Waals surface area contributed by atoms with Crippen molar-refractivity contribution >= 4 is 11.3 Å². The molecule has 0 radical (unpaired) electrons. The van der Waals surface area contributed by atoms with Gasteiger partial charge < -0.3 is 5.11 Å². The lowest BCUT2D eigenvalue weighted by atomic mass is 10.0. The van der Waals surface area contributed by atoms with Gasteiger partial charge in [0.25, 0.3) is 0 Å². The van der Waals surface area contributed by atoms with Crippen LogP contribution in [-0.2, 0) is 12.8 Å². The molecule has 1 atom stereocenters. The van der Waals surface area contributed by atoms with Gasteiger partial charge in [0.1, 0.15) is 0 Å². The van der Waals surface area contributed by atoms with Crippen LogP contribution in [0.5, 0.6) is 0 Å². The van der Waals surface area contributed by atoms with Crippen LogP contribution >= 0.6 is 11.3 Å². The molecule has 3 heteroatoms. The summed E-state index contributed by atoms with van der Waals surface area (Å²) >= 11 is 1.62. The third kappa shape index (κ3) is 3.40. The summed E-state index contributed by atoms with van der Waals surface area (Å²) in [6, 6.07) is 6.37. The Labute approximate surface area is 112 Å². The summed E-state index contributed by atoms with van der Waals surface area (Å²) in [7, 11) is 0. The molecule has 0 spiro atoms. The Bertz CT molecular complexity index is 533. The first-order chi connectivity index (χ1) is 8.54. The smallest absolute Gasteiger partial charge is 0.0954 e. The maximum Gasteiger partial charge on any atom is 0.0954 e. The van der Waals surface area contributed by atoms with Crippen molar-refractivity contribution in [2.24, 2.45) is 0 Å². The summed E-state index contributed by atoms with van der Waals surface area (Å²) < 4.78 is 0. The Morgan fingerprint density at radius 3 is 2.56 bits per heavy atom. The second-order valence-corrected chi connectivity index (χ2v) is 5.81. The summed E-state index contributed by atoms with van der Waals surface area (Å²) in [6.07, 6.45) is 0.989. The molecule has 96 valence electrons. The van der Waals surface area contributed by atoms with Crippen LogP contribution in [0.1, 0.15) is 27.4 Å². The van der Waals surface area contributed by atoms with Gasteiger partial charge >= 0.3 is 0 Å². The highest BCUT2D eigenvalue weighted by Gasteiger charge is 2.10. The van der Waals surface area contributed by atoms with Crippen LogP contribution in [-0.4, -0.2) is 16.2 Å². The number of benzene rings is 1. The van der Waals surface area contributed by atoms with Crippen LogP contribution in [0.3, 0.4) is 0 Å². The van der Waals surface area contributed by atoms with Gasteiger partial charge in [-0.15, -0.1) is 11.3 Å². The fraction of sp³-hybridized carbons (Fsp3) is 0.400.